The van der Waals surface area contributed by atoms with E-state index in [0.717, 1.165) is 36.8 Å². The van der Waals surface area contributed by atoms with Crippen molar-refractivity contribution in [1.82, 2.24) is 4.37 Å². The molecule has 0 atom stereocenters. The molecule has 1 aromatic carbocycles. The lowest BCUT2D eigenvalue weighted by Gasteiger charge is -2.36. The Labute approximate surface area is 127 Å². The molecule has 1 fully saturated rings. The molecule has 1 saturated heterocycles. The number of halogens is 1. The number of benzene rings is 1. The van der Waals surface area contributed by atoms with E-state index in [2.05, 4.69) is 20.2 Å². The van der Waals surface area contributed by atoms with E-state index in [1.807, 2.05) is 25.1 Å². The summed E-state index contributed by atoms with van der Waals surface area (Å²) in [5, 5.41) is 1.99. The van der Waals surface area contributed by atoms with E-state index in [-0.39, 0.29) is 0 Å². The first-order valence-corrected chi connectivity index (χ1v) is 7.77. The van der Waals surface area contributed by atoms with Gasteiger partial charge < -0.3 is 15.5 Å². The smallest absolute Gasteiger partial charge is 0.142 e. The molecule has 2 heterocycles. The van der Waals surface area contributed by atoms with Gasteiger partial charge in [-0.2, -0.15) is 4.37 Å². The molecule has 0 amide bonds. The van der Waals surface area contributed by atoms with E-state index >= 15 is 0 Å². The standard InChI is InChI=1S/C14H17ClN4S/c1-10-13(16)17-20-14(10)19-7-5-18(6-8-19)12-4-2-3-11(15)9-12/h2-4,9H,5-8H2,1H3,(H2,16,17). The van der Waals surface area contributed by atoms with Crippen LogP contribution in [-0.2, 0) is 0 Å². The quantitative estimate of drug-likeness (QED) is 0.926. The lowest BCUT2D eigenvalue weighted by atomic mass is 10.2. The molecular formula is C14H17ClN4S. The Balaban J connectivity index is 1.69. The Hall–Kier alpha value is -1.46. The number of aromatic nitrogens is 1. The van der Waals surface area contributed by atoms with Crippen molar-refractivity contribution in [1.29, 1.82) is 0 Å². The zero-order chi connectivity index (χ0) is 14.1. The number of hydrogen-bond acceptors (Lipinski definition) is 5. The molecule has 0 radical (unpaired) electrons. The van der Waals surface area contributed by atoms with Crippen LogP contribution in [0.1, 0.15) is 5.56 Å². The first-order chi connectivity index (χ1) is 9.65. The molecule has 6 heteroatoms. The number of hydrogen-bond donors (Lipinski definition) is 1. The van der Waals surface area contributed by atoms with Crippen LogP contribution in [0.5, 0.6) is 0 Å². The van der Waals surface area contributed by atoms with Crippen molar-refractivity contribution in [3.8, 4) is 0 Å². The number of anilines is 3. The molecule has 2 N–H and O–H groups in total. The molecule has 0 aliphatic carbocycles. The molecule has 1 aliphatic heterocycles. The highest BCUT2D eigenvalue weighted by Crippen LogP contribution is 2.31. The van der Waals surface area contributed by atoms with Crippen LogP contribution in [0.25, 0.3) is 0 Å². The average molecular weight is 309 g/mol. The molecule has 106 valence electrons. The zero-order valence-corrected chi connectivity index (χ0v) is 12.9. The van der Waals surface area contributed by atoms with Crippen molar-refractivity contribution in [2.75, 3.05) is 41.7 Å². The summed E-state index contributed by atoms with van der Waals surface area (Å²) in [4.78, 5) is 4.73. The number of nitrogens with two attached hydrogens (primary N) is 1. The number of piperazine rings is 1. The van der Waals surface area contributed by atoms with Gasteiger partial charge in [0.1, 0.15) is 10.8 Å². The largest absolute Gasteiger partial charge is 0.383 e. The second-order valence-corrected chi connectivity index (χ2v) is 6.14. The third kappa shape index (κ3) is 2.55. The highest BCUT2D eigenvalue weighted by atomic mass is 35.5. The van der Waals surface area contributed by atoms with Gasteiger partial charge in [-0.15, -0.1) is 0 Å². The van der Waals surface area contributed by atoms with Crippen LogP contribution >= 0.6 is 23.1 Å². The average Bonchev–Trinajstić information content (AvgIpc) is 2.79. The van der Waals surface area contributed by atoms with Gasteiger partial charge in [0.05, 0.1) is 0 Å². The van der Waals surface area contributed by atoms with Crippen LogP contribution in [0.3, 0.4) is 0 Å². The molecule has 0 saturated carbocycles. The molecule has 3 rings (SSSR count). The van der Waals surface area contributed by atoms with Crippen molar-refractivity contribution in [3.05, 3.63) is 34.9 Å². The van der Waals surface area contributed by atoms with E-state index in [0.29, 0.717) is 5.82 Å². The third-order valence-electron chi connectivity index (χ3n) is 3.68. The molecular weight excluding hydrogens is 292 g/mol. The Bertz CT molecular complexity index is 605. The van der Waals surface area contributed by atoms with Crippen molar-refractivity contribution < 1.29 is 0 Å². The summed E-state index contributed by atoms with van der Waals surface area (Å²) in [5.74, 6) is 0.655. The number of nitrogens with zero attached hydrogens (tertiary/aromatic N) is 3. The topological polar surface area (TPSA) is 45.4 Å². The monoisotopic (exact) mass is 308 g/mol. The molecule has 0 unspecified atom stereocenters. The Morgan fingerprint density at radius 2 is 1.90 bits per heavy atom. The molecule has 0 bridgehead atoms. The summed E-state index contributed by atoms with van der Waals surface area (Å²) >= 11 is 7.55. The minimum Gasteiger partial charge on any atom is -0.383 e. The van der Waals surface area contributed by atoms with Gasteiger partial charge in [-0.25, -0.2) is 0 Å². The van der Waals surface area contributed by atoms with Crippen LogP contribution in [0.15, 0.2) is 24.3 Å². The summed E-state index contributed by atoms with van der Waals surface area (Å²) in [6.45, 7) is 5.97. The summed E-state index contributed by atoms with van der Waals surface area (Å²) in [7, 11) is 0. The highest BCUT2D eigenvalue weighted by Gasteiger charge is 2.21. The molecule has 1 aromatic heterocycles. The summed E-state index contributed by atoms with van der Waals surface area (Å²) < 4.78 is 4.23. The van der Waals surface area contributed by atoms with Crippen LogP contribution in [0.2, 0.25) is 5.02 Å². The lowest BCUT2D eigenvalue weighted by Crippen LogP contribution is -2.46. The molecule has 20 heavy (non-hydrogen) atoms. The third-order valence-corrected chi connectivity index (χ3v) is 4.94. The van der Waals surface area contributed by atoms with Crippen molar-refractivity contribution in [2.45, 2.75) is 6.92 Å². The maximum atomic E-state index is 6.05. The minimum absolute atomic E-state index is 0.655. The van der Waals surface area contributed by atoms with E-state index in [9.17, 15) is 0 Å². The van der Waals surface area contributed by atoms with Crippen LogP contribution in [0, 0.1) is 6.92 Å². The SMILES string of the molecule is Cc1c(N)nsc1N1CCN(c2cccc(Cl)c2)CC1. The first-order valence-electron chi connectivity index (χ1n) is 6.62. The highest BCUT2D eigenvalue weighted by molar-refractivity contribution is 7.10. The zero-order valence-electron chi connectivity index (χ0n) is 11.3. The number of rotatable bonds is 2. The van der Waals surface area contributed by atoms with Gasteiger partial charge in [-0.3, -0.25) is 0 Å². The van der Waals surface area contributed by atoms with Gasteiger partial charge in [0.25, 0.3) is 0 Å². The predicted octanol–water partition coefficient (Wildman–Crippen LogP) is 3.01. The van der Waals surface area contributed by atoms with Crippen molar-refractivity contribution in [3.63, 3.8) is 0 Å². The molecule has 4 nitrogen and oxygen atoms in total. The van der Waals surface area contributed by atoms with Crippen LogP contribution in [0.4, 0.5) is 16.5 Å². The summed E-state index contributed by atoms with van der Waals surface area (Å²) in [6, 6.07) is 8.04. The molecule has 2 aromatic rings. The Morgan fingerprint density at radius 1 is 1.20 bits per heavy atom. The maximum Gasteiger partial charge on any atom is 0.142 e. The Morgan fingerprint density at radius 3 is 2.50 bits per heavy atom. The molecule has 0 spiro atoms. The van der Waals surface area contributed by atoms with Crippen LogP contribution < -0.4 is 15.5 Å². The van der Waals surface area contributed by atoms with E-state index in [4.69, 9.17) is 17.3 Å². The van der Waals surface area contributed by atoms with E-state index in [1.54, 1.807) is 0 Å². The van der Waals surface area contributed by atoms with Gasteiger partial charge in [0, 0.05) is 42.5 Å². The fourth-order valence-electron chi connectivity index (χ4n) is 2.47. The van der Waals surface area contributed by atoms with Gasteiger partial charge in [0.2, 0.25) is 0 Å². The first kappa shape index (κ1) is 13.5. The molecule has 1 aliphatic rings. The second-order valence-electron chi connectivity index (χ2n) is 4.95. The predicted molar refractivity (Wildman–Crippen MR) is 87.1 cm³/mol. The lowest BCUT2D eigenvalue weighted by molar-refractivity contribution is 0.656. The van der Waals surface area contributed by atoms with Gasteiger partial charge >= 0.3 is 0 Å². The van der Waals surface area contributed by atoms with Crippen molar-refractivity contribution >= 4 is 39.6 Å². The van der Waals surface area contributed by atoms with Gasteiger partial charge in [-0.05, 0) is 36.7 Å². The Kier molecular flexibility index (Phi) is 3.72. The number of nitrogen functional groups attached to an aromatic ring is 1. The normalized spacial score (nSPS) is 15.7. The summed E-state index contributed by atoms with van der Waals surface area (Å²) in [5.41, 5.74) is 8.13. The van der Waals surface area contributed by atoms with Crippen molar-refractivity contribution in [2.24, 2.45) is 0 Å². The van der Waals surface area contributed by atoms with E-state index in [1.165, 1.54) is 22.2 Å². The maximum absolute atomic E-state index is 6.05. The minimum atomic E-state index is 0.655. The van der Waals surface area contributed by atoms with Gasteiger partial charge in [-0.1, -0.05) is 17.7 Å². The van der Waals surface area contributed by atoms with Crippen LogP contribution in [-0.4, -0.2) is 30.6 Å². The fourth-order valence-corrected chi connectivity index (χ4v) is 3.52. The summed E-state index contributed by atoms with van der Waals surface area (Å²) in [6.07, 6.45) is 0. The fraction of sp³-hybridized carbons (Fsp3) is 0.357. The van der Waals surface area contributed by atoms with Gasteiger partial charge in [0.15, 0.2) is 0 Å². The second kappa shape index (κ2) is 5.50. The van der Waals surface area contributed by atoms with E-state index < -0.39 is 0 Å².